The summed E-state index contributed by atoms with van der Waals surface area (Å²) in [7, 11) is 0. The van der Waals surface area contributed by atoms with Crippen LogP contribution < -0.4 is 10.6 Å². The molecule has 1 aliphatic heterocycles. The van der Waals surface area contributed by atoms with Crippen molar-refractivity contribution in [1.82, 2.24) is 15.5 Å². The fourth-order valence-corrected chi connectivity index (χ4v) is 4.83. The lowest BCUT2D eigenvalue weighted by Crippen LogP contribution is -2.51. The number of nitrogens with zero attached hydrogens (tertiary/aromatic N) is 1. The van der Waals surface area contributed by atoms with Crippen molar-refractivity contribution in [3.8, 4) is 0 Å². The summed E-state index contributed by atoms with van der Waals surface area (Å²) in [5.41, 5.74) is 1.67. The third kappa shape index (κ3) is 6.85. The Hall–Kier alpha value is -4.01. The van der Waals surface area contributed by atoms with Gasteiger partial charge in [0.2, 0.25) is 5.91 Å². The van der Waals surface area contributed by atoms with E-state index in [0.717, 1.165) is 12.8 Å². The van der Waals surface area contributed by atoms with Crippen LogP contribution in [0, 0.1) is 5.92 Å². The van der Waals surface area contributed by atoms with Crippen LogP contribution in [0.1, 0.15) is 66.7 Å². The molecule has 1 aromatic carbocycles. The predicted octanol–water partition coefficient (Wildman–Crippen LogP) is 3.04. The van der Waals surface area contributed by atoms with E-state index in [9.17, 15) is 24.0 Å². The summed E-state index contributed by atoms with van der Waals surface area (Å²) in [6.07, 6.45) is 8.35. The SMILES string of the molecule is C=C(C(NC(=O)c1ccccc1C(=O)C1=CCCC=C1)C(C)C)N1CCCC1C(=O)NC(C=O)CC(=O)O. The van der Waals surface area contributed by atoms with E-state index >= 15 is 0 Å². The maximum absolute atomic E-state index is 13.5. The van der Waals surface area contributed by atoms with Crippen molar-refractivity contribution in [2.75, 3.05) is 6.54 Å². The second-order valence-corrected chi connectivity index (χ2v) is 9.90. The van der Waals surface area contributed by atoms with Crippen LogP contribution in [0.25, 0.3) is 0 Å². The minimum atomic E-state index is -1.19. The molecule has 2 aliphatic rings. The van der Waals surface area contributed by atoms with Crippen LogP contribution in [-0.2, 0) is 14.4 Å². The molecule has 9 nitrogen and oxygen atoms in total. The number of carbonyl (C=O) groups is 5. The Morgan fingerprint density at radius 1 is 1.13 bits per heavy atom. The molecule has 1 aromatic rings. The molecule has 38 heavy (non-hydrogen) atoms. The molecule has 1 heterocycles. The monoisotopic (exact) mass is 521 g/mol. The minimum absolute atomic E-state index is 0.0858. The van der Waals surface area contributed by atoms with Gasteiger partial charge in [-0.25, -0.2) is 0 Å². The number of aliphatic carboxylic acids is 1. The number of carboxylic acid groups (broad SMARTS) is 1. The van der Waals surface area contributed by atoms with Gasteiger partial charge in [-0.05, 0) is 37.7 Å². The molecule has 0 bridgehead atoms. The highest BCUT2D eigenvalue weighted by molar-refractivity contribution is 6.16. The smallest absolute Gasteiger partial charge is 0.305 e. The summed E-state index contributed by atoms with van der Waals surface area (Å²) in [4.78, 5) is 63.6. The van der Waals surface area contributed by atoms with E-state index in [1.165, 1.54) is 0 Å². The zero-order chi connectivity index (χ0) is 27.8. The predicted molar refractivity (Wildman–Crippen MR) is 142 cm³/mol. The van der Waals surface area contributed by atoms with Crippen LogP contribution in [-0.4, -0.2) is 64.5 Å². The van der Waals surface area contributed by atoms with E-state index in [4.69, 9.17) is 5.11 Å². The quantitative estimate of drug-likeness (QED) is 0.284. The Labute approximate surface area is 222 Å². The maximum atomic E-state index is 13.5. The molecule has 1 aliphatic carbocycles. The van der Waals surface area contributed by atoms with Gasteiger partial charge >= 0.3 is 5.97 Å². The topological polar surface area (TPSA) is 133 Å². The van der Waals surface area contributed by atoms with Gasteiger partial charge in [0.25, 0.3) is 5.91 Å². The number of rotatable bonds is 12. The lowest BCUT2D eigenvalue weighted by molar-refractivity contribution is -0.139. The van der Waals surface area contributed by atoms with Crippen molar-refractivity contribution >= 4 is 29.9 Å². The number of allylic oxidation sites excluding steroid dienone is 4. The number of hydrogen-bond acceptors (Lipinski definition) is 6. The lowest BCUT2D eigenvalue weighted by atomic mass is 9.94. The summed E-state index contributed by atoms with van der Waals surface area (Å²) >= 11 is 0. The van der Waals surface area contributed by atoms with Crippen molar-refractivity contribution in [3.63, 3.8) is 0 Å². The average molecular weight is 522 g/mol. The molecule has 9 heteroatoms. The van der Waals surface area contributed by atoms with Gasteiger partial charge in [0.1, 0.15) is 12.3 Å². The fourth-order valence-electron chi connectivity index (χ4n) is 4.83. The van der Waals surface area contributed by atoms with Gasteiger partial charge in [-0.1, -0.05) is 56.9 Å². The summed E-state index contributed by atoms with van der Waals surface area (Å²) in [6, 6.07) is 4.38. The van der Waals surface area contributed by atoms with Crippen molar-refractivity contribution in [2.24, 2.45) is 5.92 Å². The highest BCUT2D eigenvalue weighted by Gasteiger charge is 2.36. The molecule has 3 N–H and O–H groups in total. The van der Waals surface area contributed by atoms with Crippen LogP contribution in [0.5, 0.6) is 0 Å². The number of ketones is 1. The van der Waals surface area contributed by atoms with Crippen molar-refractivity contribution in [2.45, 2.75) is 64.1 Å². The van der Waals surface area contributed by atoms with E-state index in [1.807, 2.05) is 26.0 Å². The third-order valence-electron chi connectivity index (χ3n) is 6.80. The van der Waals surface area contributed by atoms with Gasteiger partial charge in [-0.2, -0.15) is 0 Å². The lowest BCUT2D eigenvalue weighted by Gasteiger charge is -2.35. The molecular weight excluding hydrogens is 486 g/mol. The van der Waals surface area contributed by atoms with Crippen molar-refractivity contribution in [3.05, 3.63) is 71.5 Å². The number of carbonyl (C=O) groups excluding carboxylic acids is 4. The van der Waals surface area contributed by atoms with Gasteiger partial charge < -0.3 is 25.4 Å². The minimum Gasteiger partial charge on any atom is -0.481 e. The number of carboxylic acids is 1. The molecule has 3 unspecified atom stereocenters. The summed E-state index contributed by atoms with van der Waals surface area (Å²) in [5, 5.41) is 14.5. The van der Waals surface area contributed by atoms with E-state index < -0.39 is 42.3 Å². The number of nitrogens with one attached hydrogen (secondary N) is 2. The summed E-state index contributed by atoms with van der Waals surface area (Å²) < 4.78 is 0. The zero-order valence-electron chi connectivity index (χ0n) is 21.8. The molecule has 0 radical (unpaired) electrons. The molecule has 0 aromatic heterocycles. The van der Waals surface area contributed by atoms with Crippen LogP contribution in [0.4, 0.5) is 0 Å². The van der Waals surface area contributed by atoms with Gasteiger partial charge in [0, 0.05) is 23.4 Å². The van der Waals surface area contributed by atoms with Crippen LogP contribution >= 0.6 is 0 Å². The highest BCUT2D eigenvalue weighted by Crippen LogP contribution is 2.27. The largest absolute Gasteiger partial charge is 0.481 e. The second kappa shape index (κ2) is 13.0. The maximum Gasteiger partial charge on any atom is 0.305 e. The average Bonchev–Trinajstić information content (AvgIpc) is 3.41. The number of Topliss-reactive ketones (excluding diaryl/α,β-unsaturated/α-hetero) is 1. The number of benzene rings is 1. The summed E-state index contributed by atoms with van der Waals surface area (Å²) in [5.74, 6) is -2.36. The first kappa shape index (κ1) is 28.6. The molecule has 3 atom stereocenters. The second-order valence-electron chi connectivity index (χ2n) is 9.90. The van der Waals surface area contributed by atoms with Crippen LogP contribution in [0.2, 0.25) is 0 Å². The first-order chi connectivity index (χ1) is 18.1. The molecule has 0 saturated carbocycles. The van der Waals surface area contributed by atoms with E-state index in [1.54, 1.807) is 35.2 Å². The van der Waals surface area contributed by atoms with Crippen molar-refractivity contribution < 1.29 is 29.1 Å². The molecule has 202 valence electrons. The van der Waals surface area contributed by atoms with E-state index in [0.29, 0.717) is 42.5 Å². The molecule has 0 spiro atoms. The van der Waals surface area contributed by atoms with Gasteiger partial charge in [-0.3, -0.25) is 19.2 Å². The van der Waals surface area contributed by atoms with Crippen LogP contribution in [0.3, 0.4) is 0 Å². The first-order valence-electron chi connectivity index (χ1n) is 12.9. The highest BCUT2D eigenvalue weighted by atomic mass is 16.4. The Morgan fingerprint density at radius 2 is 1.84 bits per heavy atom. The van der Waals surface area contributed by atoms with Crippen LogP contribution in [0.15, 0.2) is 60.3 Å². The molecule has 1 fully saturated rings. The fraction of sp³-hybridized carbons (Fsp3) is 0.414. The Balaban J connectivity index is 1.77. The Bertz CT molecular complexity index is 1170. The molecular formula is C29H35N3O6. The number of aldehydes is 1. The van der Waals surface area contributed by atoms with Crippen molar-refractivity contribution in [1.29, 1.82) is 0 Å². The number of amides is 2. The number of likely N-dealkylation sites (tertiary alicyclic amines) is 1. The van der Waals surface area contributed by atoms with E-state index in [2.05, 4.69) is 17.2 Å². The zero-order valence-corrected chi connectivity index (χ0v) is 21.8. The van der Waals surface area contributed by atoms with E-state index in [-0.39, 0.29) is 17.3 Å². The van der Waals surface area contributed by atoms with Gasteiger partial charge in [0.05, 0.1) is 24.1 Å². The molecule has 2 amide bonds. The summed E-state index contributed by atoms with van der Waals surface area (Å²) in [6.45, 7) is 8.57. The molecule has 1 saturated heterocycles. The Morgan fingerprint density at radius 3 is 2.45 bits per heavy atom. The number of hydrogen-bond donors (Lipinski definition) is 3. The third-order valence-corrected chi connectivity index (χ3v) is 6.80. The standard InChI is InChI=1S/C29H35N3O6/c1-18(2)26(19(3)32-15-9-14-24(32)29(38)30-21(17-33)16-25(34)35)31-28(37)23-13-8-7-12-22(23)27(36)20-10-5-4-6-11-20/h5,7-8,10-13,17-18,21,24,26H,3-4,6,9,14-16H2,1-2H3,(H,30,38)(H,31,37)(H,34,35). The van der Waals surface area contributed by atoms with Gasteiger partial charge in [0.15, 0.2) is 5.78 Å². The normalized spacial score (nSPS) is 18.3. The Kier molecular flexibility index (Phi) is 9.76. The molecule has 3 rings (SSSR count). The first-order valence-corrected chi connectivity index (χ1v) is 12.9. The van der Waals surface area contributed by atoms with Gasteiger partial charge in [-0.15, -0.1) is 0 Å².